The lowest BCUT2D eigenvalue weighted by Gasteiger charge is -2.48. The Morgan fingerprint density at radius 3 is 2.84 bits per heavy atom. The number of nitrogens with one attached hydrogen (secondary N) is 1. The molecule has 2 saturated heterocycles. The van der Waals surface area contributed by atoms with Gasteiger partial charge in [-0.05, 0) is 100.0 Å². The van der Waals surface area contributed by atoms with Crippen LogP contribution in [0, 0.1) is 35.0 Å². The molecule has 9 atom stereocenters. The second-order valence-electron chi connectivity index (χ2n) is 12.5. The van der Waals surface area contributed by atoms with Crippen LogP contribution in [0.3, 0.4) is 0 Å². The van der Waals surface area contributed by atoms with Crippen LogP contribution in [0.15, 0.2) is 22.8 Å². The molecule has 3 heteroatoms. The molecule has 4 aliphatic carbocycles. The van der Waals surface area contributed by atoms with Crippen molar-refractivity contribution in [3.8, 4) is 0 Å². The van der Waals surface area contributed by atoms with E-state index in [4.69, 9.17) is 4.74 Å². The van der Waals surface area contributed by atoms with E-state index in [1.165, 1.54) is 37.7 Å². The van der Waals surface area contributed by atoms with Crippen molar-refractivity contribution in [2.24, 2.45) is 35.0 Å². The van der Waals surface area contributed by atoms with Gasteiger partial charge in [0.05, 0.1) is 11.7 Å². The van der Waals surface area contributed by atoms with Crippen LogP contribution in [0.25, 0.3) is 0 Å². The third-order valence-corrected chi connectivity index (χ3v) is 10.9. The Morgan fingerprint density at radius 2 is 2.00 bits per heavy atom. The van der Waals surface area contributed by atoms with Crippen molar-refractivity contribution in [1.82, 2.24) is 5.32 Å². The summed E-state index contributed by atoms with van der Waals surface area (Å²) in [5.41, 5.74) is 5.23. The molecule has 1 spiro atoms. The van der Waals surface area contributed by atoms with Crippen molar-refractivity contribution >= 4 is 5.78 Å². The molecule has 0 radical (unpaired) electrons. The lowest BCUT2D eigenvalue weighted by Crippen LogP contribution is -2.48. The van der Waals surface area contributed by atoms with Gasteiger partial charge in [0.25, 0.3) is 0 Å². The van der Waals surface area contributed by atoms with Crippen LogP contribution < -0.4 is 5.32 Å². The highest BCUT2D eigenvalue weighted by atomic mass is 16.5. The standard InChI is InChI=1S/C28H41NO2/c1-16-11-25-26(29-15-16)18(3)28(31-25)10-8-21-22-6-5-19-12-20(30)7-9-27(19,4)24(22)13-23(21)17(2)14-28/h12,16,18,21-22,24-26,29H,5-11,13-15H2,1-4H3/t16-,18+,21?,22?,24-,25+,26-,27-,28?/m0/s1. The summed E-state index contributed by atoms with van der Waals surface area (Å²) in [6.45, 7) is 10.9. The van der Waals surface area contributed by atoms with Gasteiger partial charge < -0.3 is 10.1 Å². The SMILES string of the molecule is CC1=C2C[C@H]3C(CCC4=CC(=O)CC[C@@]43C)C2CCC2(C1)O[C@@H]1C[C@H](C)CN[C@H]1[C@H]2C. The first-order chi connectivity index (χ1) is 14.8. The number of hydrogen-bond acceptors (Lipinski definition) is 3. The number of rotatable bonds is 0. The van der Waals surface area contributed by atoms with Crippen molar-refractivity contribution in [3.63, 3.8) is 0 Å². The molecule has 0 aromatic carbocycles. The molecule has 6 aliphatic rings. The van der Waals surface area contributed by atoms with Gasteiger partial charge in [-0.2, -0.15) is 0 Å². The van der Waals surface area contributed by atoms with Gasteiger partial charge in [-0.25, -0.2) is 0 Å². The molecule has 0 amide bonds. The number of ketones is 1. The van der Waals surface area contributed by atoms with E-state index in [-0.39, 0.29) is 11.0 Å². The number of fused-ring (bicyclic) bond motifs is 6. The van der Waals surface area contributed by atoms with Crippen LogP contribution >= 0.6 is 0 Å². The molecule has 2 heterocycles. The fourth-order valence-corrected chi connectivity index (χ4v) is 9.13. The molecular weight excluding hydrogens is 382 g/mol. The first-order valence-corrected chi connectivity index (χ1v) is 13.1. The Labute approximate surface area is 188 Å². The van der Waals surface area contributed by atoms with Crippen LogP contribution in [0.4, 0.5) is 0 Å². The molecular formula is C28H41NO2. The Morgan fingerprint density at radius 1 is 1.16 bits per heavy atom. The molecule has 3 unspecified atom stereocenters. The van der Waals surface area contributed by atoms with E-state index in [2.05, 4.69) is 33.0 Å². The molecule has 1 N–H and O–H groups in total. The first-order valence-electron chi connectivity index (χ1n) is 13.1. The Bertz CT molecular complexity index is 857. The lowest BCUT2D eigenvalue weighted by atomic mass is 9.56. The van der Waals surface area contributed by atoms with Crippen LogP contribution in [-0.2, 0) is 9.53 Å². The highest BCUT2D eigenvalue weighted by Crippen LogP contribution is 2.64. The van der Waals surface area contributed by atoms with Gasteiger partial charge in [0.1, 0.15) is 0 Å². The van der Waals surface area contributed by atoms with Crippen molar-refractivity contribution in [1.29, 1.82) is 0 Å². The Hall–Kier alpha value is -0.930. The summed E-state index contributed by atoms with van der Waals surface area (Å²) >= 11 is 0. The van der Waals surface area contributed by atoms with Gasteiger partial charge in [-0.15, -0.1) is 0 Å². The van der Waals surface area contributed by atoms with Gasteiger partial charge in [-0.1, -0.05) is 37.5 Å². The molecule has 2 aliphatic heterocycles. The van der Waals surface area contributed by atoms with Crippen LogP contribution in [0.5, 0.6) is 0 Å². The predicted molar refractivity (Wildman–Crippen MR) is 124 cm³/mol. The monoisotopic (exact) mass is 423 g/mol. The molecule has 2 saturated carbocycles. The lowest BCUT2D eigenvalue weighted by molar-refractivity contribution is -0.116. The Kier molecular flexibility index (Phi) is 4.69. The zero-order valence-corrected chi connectivity index (χ0v) is 20.0. The topological polar surface area (TPSA) is 38.3 Å². The molecule has 4 fully saturated rings. The van der Waals surface area contributed by atoms with E-state index in [9.17, 15) is 4.79 Å². The van der Waals surface area contributed by atoms with Gasteiger partial charge in [0.15, 0.2) is 5.78 Å². The summed E-state index contributed by atoms with van der Waals surface area (Å²) in [5, 5.41) is 3.85. The number of hydrogen-bond donors (Lipinski definition) is 1. The highest BCUT2D eigenvalue weighted by Gasteiger charge is 2.58. The summed E-state index contributed by atoms with van der Waals surface area (Å²) in [6.07, 6.45) is 12.9. The van der Waals surface area contributed by atoms with Crippen LogP contribution in [0.1, 0.15) is 85.5 Å². The third kappa shape index (κ3) is 2.94. The maximum absolute atomic E-state index is 12.1. The van der Waals surface area contributed by atoms with E-state index in [0.717, 1.165) is 55.9 Å². The second-order valence-corrected chi connectivity index (χ2v) is 12.5. The number of allylic oxidation sites excluding steroid dienone is 3. The van der Waals surface area contributed by atoms with Gasteiger partial charge in [0.2, 0.25) is 0 Å². The van der Waals surface area contributed by atoms with Gasteiger partial charge in [-0.3, -0.25) is 4.79 Å². The van der Waals surface area contributed by atoms with E-state index >= 15 is 0 Å². The van der Waals surface area contributed by atoms with Crippen molar-refractivity contribution in [2.75, 3.05) is 6.54 Å². The van der Waals surface area contributed by atoms with Gasteiger partial charge >= 0.3 is 0 Å². The van der Waals surface area contributed by atoms with Crippen LogP contribution in [-0.4, -0.2) is 30.1 Å². The average Bonchev–Trinajstić information content (AvgIpc) is 3.19. The molecule has 3 nitrogen and oxygen atoms in total. The van der Waals surface area contributed by atoms with Gasteiger partial charge in [0, 0.05) is 18.4 Å². The number of piperidine rings is 1. The average molecular weight is 424 g/mol. The molecule has 6 rings (SSSR count). The summed E-state index contributed by atoms with van der Waals surface area (Å²) in [7, 11) is 0. The minimum atomic E-state index is 0.0458. The minimum absolute atomic E-state index is 0.0458. The molecule has 170 valence electrons. The summed E-state index contributed by atoms with van der Waals surface area (Å²) in [5.74, 6) is 4.00. The summed E-state index contributed by atoms with van der Waals surface area (Å²) < 4.78 is 7.00. The van der Waals surface area contributed by atoms with Crippen molar-refractivity contribution in [2.45, 2.75) is 103 Å². The maximum Gasteiger partial charge on any atom is 0.155 e. The number of ether oxygens (including phenoxy) is 1. The number of carbonyl (C=O) groups excluding carboxylic acids is 1. The fraction of sp³-hybridized carbons (Fsp3) is 0.821. The summed E-state index contributed by atoms with van der Waals surface area (Å²) in [4.78, 5) is 12.1. The quantitative estimate of drug-likeness (QED) is 0.515. The summed E-state index contributed by atoms with van der Waals surface area (Å²) in [6, 6.07) is 0.542. The molecule has 31 heavy (non-hydrogen) atoms. The first kappa shape index (κ1) is 20.7. The molecule has 0 aromatic rings. The maximum atomic E-state index is 12.1. The fourth-order valence-electron chi connectivity index (χ4n) is 9.13. The van der Waals surface area contributed by atoms with E-state index in [1.54, 1.807) is 11.1 Å². The zero-order valence-electron chi connectivity index (χ0n) is 20.0. The number of carbonyl (C=O) groups is 1. The van der Waals surface area contributed by atoms with Crippen molar-refractivity contribution in [3.05, 3.63) is 22.8 Å². The van der Waals surface area contributed by atoms with E-state index in [0.29, 0.717) is 23.8 Å². The molecule has 0 bridgehead atoms. The smallest absolute Gasteiger partial charge is 0.155 e. The zero-order chi connectivity index (χ0) is 21.5. The third-order valence-electron chi connectivity index (χ3n) is 10.9. The Balaban J connectivity index is 1.30. The normalized spacial score (nSPS) is 51.7. The predicted octanol–water partition coefficient (Wildman–Crippen LogP) is 5.60. The minimum Gasteiger partial charge on any atom is -0.369 e. The highest BCUT2D eigenvalue weighted by molar-refractivity contribution is 5.91. The van der Waals surface area contributed by atoms with Crippen molar-refractivity contribution < 1.29 is 9.53 Å². The largest absolute Gasteiger partial charge is 0.369 e. The van der Waals surface area contributed by atoms with E-state index in [1.807, 2.05) is 6.08 Å². The molecule has 0 aromatic heterocycles. The van der Waals surface area contributed by atoms with E-state index < -0.39 is 0 Å². The second kappa shape index (κ2) is 7.03. The van der Waals surface area contributed by atoms with Crippen LogP contribution in [0.2, 0.25) is 0 Å².